The van der Waals surface area contributed by atoms with Gasteiger partial charge in [0.05, 0.1) is 5.54 Å². The summed E-state index contributed by atoms with van der Waals surface area (Å²) in [4.78, 5) is 22.9. The summed E-state index contributed by atoms with van der Waals surface area (Å²) in [5, 5.41) is 2.57. The zero-order valence-electron chi connectivity index (χ0n) is 12.2. The van der Waals surface area contributed by atoms with Crippen molar-refractivity contribution in [3.63, 3.8) is 0 Å². The van der Waals surface area contributed by atoms with E-state index in [1.165, 1.54) is 0 Å². The lowest BCUT2D eigenvalue weighted by Crippen LogP contribution is -2.49. The minimum atomic E-state index is -1.04. The summed E-state index contributed by atoms with van der Waals surface area (Å²) < 4.78 is 5.14. The van der Waals surface area contributed by atoms with E-state index in [0.717, 1.165) is 5.57 Å². The first-order valence-electron chi connectivity index (χ1n) is 6.07. The maximum atomic E-state index is 11.7. The Kier molecular flexibility index (Phi) is 6.25. The first-order valence-corrected chi connectivity index (χ1v) is 6.07. The number of amides is 1. The third-order valence-corrected chi connectivity index (χ3v) is 2.21. The van der Waals surface area contributed by atoms with Crippen LogP contribution in [0.25, 0.3) is 0 Å². The molecule has 0 spiro atoms. The van der Waals surface area contributed by atoms with E-state index >= 15 is 0 Å². The molecule has 1 unspecified atom stereocenters. The van der Waals surface area contributed by atoms with Crippen molar-refractivity contribution in [2.45, 2.75) is 45.3 Å². The lowest BCUT2D eigenvalue weighted by Gasteiger charge is -2.27. The van der Waals surface area contributed by atoms with Crippen molar-refractivity contribution in [2.24, 2.45) is 0 Å². The second kappa shape index (κ2) is 6.92. The zero-order chi connectivity index (χ0) is 15.1. The number of nitrogens with one attached hydrogen (secondary N) is 1. The highest BCUT2D eigenvalue weighted by molar-refractivity contribution is 5.76. The van der Waals surface area contributed by atoms with E-state index in [0.29, 0.717) is 12.7 Å². The second-order valence-corrected chi connectivity index (χ2v) is 5.52. The lowest BCUT2D eigenvalue weighted by atomic mass is 9.94. The molecule has 1 N–H and O–H groups in total. The molecule has 0 radical (unpaired) electrons. The fourth-order valence-electron chi connectivity index (χ4n) is 1.43. The molecule has 0 aliphatic rings. The molecule has 0 bridgehead atoms. The smallest absolute Gasteiger partial charge is 0.408 e. The average Bonchev–Trinajstić information content (AvgIpc) is 2.25. The number of alkyl carbamates (subject to hydrolysis) is 1. The first kappa shape index (κ1) is 17.2. The topological polar surface area (TPSA) is 55.4 Å². The summed E-state index contributed by atoms with van der Waals surface area (Å²) in [5.74, 6) is 0. The Morgan fingerprint density at radius 3 is 2.21 bits per heavy atom. The maximum absolute atomic E-state index is 11.7. The number of aldehydes is 1. The van der Waals surface area contributed by atoms with Crippen LogP contribution in [0, 0.1) is 0 Å². The van der Waals surface area contributed by atoms with Crippen LogP contribution in [0.3, 0.4) is 0 Å². The summed E-state index contributed by atoms with van der Waals surface area (Å²) in [6, 6.07) is 0. The molecule has 0 aromatic carbocycles. The fourth-order valence-corrected chi connectivity index (χ4v) is 1.43. The van der Waals surface area contributed by atoms with Crippen molar-refractivity contribution < 1.29 is 14.3 Å². The quantitative estimate of drug-likeness (QED) is 0.593. The van der Waals surface area contributed by atoms with Crippen molar-refractivity contribution in [3.8, 4) is 0 Å². The number of carbonyl (C=O) groups is 2. The normalized spacial score (nSPS) is 15.1. The summed E-state index contributed by atoms with van der Waals surface area (Å²) in [6.07, 6.45) is 5.37. The molecular formula is C15H23NO3. The molecule has 0 fully saturated rings. The molecule has 19 heavy (non-hydrogen) atoms. The molecule has 1 atom stereocenters. The van der Waals surface area contributed by atoms with Crippen molar-refractivity contribution in [1.29, 1.82) is 0 Å². The Hall–Kier alpha value is -1.84. The molecule has 0 aromatic rings. The molecule has 0 aliphatic carbocycles. The predicted molar refractivity (Wildman–Crippen MR) is 76.9 cm³/mol. The van der Waals surface area contributed by atoms with Gasteiger partial charge < -0.3 is 14.8 Å². The highest BCUT2D eigenvalue weighted by Crippen LogP contribution is 2.17. The lowest BCUT2D eigenvalue weighted by molar-refractivity contribution is -0.112. The fraction of sp³-hybridized carbons (Fsp3) is 0.467. The third kappa shape index (κ3) is 7.24. The summed E-state index contributed by atoms with van der Waals surface area (Å²) in [5.41, 5.74) is -0.835. The standard InChI is InChI=1S/C15H23NO3/c1-7-9-12(8-2)10-15(6,11-17)16-13(18)19-14(3,4)5/h7-9,11H,1-2,10H2,3-6H3,(H,16,18)/b12-9+. The molecule has 106 valence electrons. The van der Waals surface area contributed by atoms with Gasteiger partial charge in [-0.3, -0.25) is 0 Å². The second-order valence-electron chi connectivity index (χ2n) is 5.52. The van der Waals surface area contributed by atoms with E-state index in [2.05, 4.69) is 18.5 Å². The van der Waals surface area contributed by atoms with Crippen LogP contribution in [-0.4, -0.2) is 23.5 Å². The van der Waals surface area contributed by atoms with Crippen LogP contribution in [0.1, 0.15) is 34.1 Å². The van der Waals surface area contributed by atoms with Crippen molar-refractivity contribution in [2.75, 3.05) is 0 Å². The van der Waals surface area contributed by atoms with Gasteiger partial charge in [0.25, 0.3) is 0 Å². The highest BCUT2D eigenvalue weighted by Gasteiger charge is 2.29. The number of carbonyl (C=O) groups excluding carboxylic acids is 2. The van der Waals surface area contributed by atoms with Crippen LogP contribution in [-0.2, 0) is 9.53 Å². The van der Waals surface area contributed by atoms with Crippen molar-refractivity contribution in [3.05, 3.63) is 37.0 Å². The van der Waals surface area contributed by atoms with Gasteiger partial charge in [0.1, 0.15) is 11.9 Å². The van der Waals surface area contributed by atoms with Crippen LogP contribution in [0.5, 0.6) is 0 Å². The van der Waals surface area contributed by atoms with E-state index in [-0.39, 0.29) is 0 Å². The number of hydrogen-bond donors (Lipinski definition) is 1. The molecule has 1 amide bonds. The van der Waals surface area contributed by atoms with Gasteiger partial charge in [-0.15, -0.1) is 0 Å². The zero-order valence-corrected chi connectivity index (χ0v) is 12.2. The number of allylic oxidation sites excluding steroid dienone is 3. The number of ether oxygens (including phenoxy) is 1. The first-order chi connectivity index (χ1) is 8.65. The van der Waals surface area contributed by atoms with Gasteiger partial charge in [-0.25, -0.2) is 4.79 Å². The van der Waals surface area contributed by atoms with Crippen LogP contribution in [0.2, 0.25) is 0 Å². The summed E-state index contributed by atoms with van der Waals surface area (Å²) in [7, 11) is 0. The Morgan fingerprint density at radius 1 is 1.26 bits per heavy atom. The van der Waals surface area contributed by atoms with E-state index < -0.39 is 17.2 Å². The molecule has 0 saturated heterocycles. The van der Waals surface area contributed by atoms with E-state index in [1.807, 2.05) is 0 Å². The largest absolute Gasteiger partial charge is 0.444 e. The Bertz CT molecular complexity index is 391. The molecule has 4 heteroatoms. The van der Waals surface area contributed by atoms with E-state index in [9.17, 15) is 9.59 Å². The van der Waals surface area contributed by atoms with Crippen LogP contribution >= 0.6 is 0 Å². The van der Waals surface area contributed by atoms with E-state index in [1.54, 1.807) is 45.9 Å². The van der Waals surface area contributed by atoms with Crippen molar-refractivity contribution >= 4 is 12.4 Å². The van der Waals surface area contributed by atoms with Crippen LogP contribution in [0.4, 0.5) is 4.79 Å². The SMILES string of the molecule is C=C/C=C(\C=C)CC(C)(C=O)NC(=O)OC(C)(C)C. The molecular weight excluding hydrogens is 242 g/mol. The van der Waals surface area contributed by atoms with Gasteiger partial charge in [-0.2, -0.15) is 0 Å². The van der Waals surface area contributed by atoms with Gasteiger partial charge in [-0.1, -0.05) is 31.4 Å². The van der Waals surface area contributed by atoms with Gasteiger partial charge in [-0.05, 0) is 33.3 Å². The van der Waals surface area contributed by atoms with Gasteiger partial charge in [0, 0.05) is 6.42 Å². The molecule has 0 aliphatic heterocycles. The van der Waals surface area contributed by atoms with Gasteiger partial charge >= 0.3 is 6.09 Å². The molecule has 0 heterocycles. The molecule has 0 rings (SSSR count). The Morgan fingerprint density at radius 2 is 1.84 bits per heavy atom. The minimum absolute atomic E-state index is 0.325. The molecule has 0 aromatic heterocycles. The Balaban J connectivity index is 4.83. The minimum Gasteiger partial charge on any atom is -0.444 e. The summed E-state index contributed by atoms with van der Waals surface area (Å²) in [6.45, 7) is 14.2. The van der Waals surface area contributed by atoms with Crippen LogP contribution < -0.4 is 5.32 Å². The van der Waals surface area contributed by atoms with Gasteiger partial charge in [0.2, 0.25) is 0 Å². The number of rotatable bonds is 6. The molecule has 4 nitrogen and oxygen atoms in total. The predicted octanol–water partition coefficient (Wildman–Crippen LogP) is 3.16. The number of hydrogen-bond acceptors (Lipinski definition) is 3. The van der Waals surface area contributed by atoms with Crippen LogP contribution in [0.15, 0.2) is 37.0 Å². The Labute approximate surface area is 115 Å². The average molecular weight is 265 g/mol. The highest BCUT2D eigenvalue weighted by atomic mass is 16.6. The van der Waals surface area contributed by atoms with Crippen molar-refractivity contribution in [1.82, 2.24) is 5.32 Å². The summed E-state index contributed by atoms with van der Waals surface area (Å²) >= 11 is 0. The third-order valence-electron chi connectivity index (χ3n) is 2.21. The monoisotopic (exact) mass is 265 g/mol. The maximum Gasteiger partial charge on any atom is 0.408 e. The van der Waals surface area contributed by atoms with E-state index in [4.69, 9.17) is 4.74 Å². The van der Waals surface area contributed by atoms with Gasteiger partial charge in [0.15, 0.2) is 0 Å². The molecule has 0 saturated carbocycles.